The van der Waals surface area contributed by atoms with Gasteiger partial charge in [-0.2, -0.15) is 0 Å². The molecular formula is C28H25BrN4O3S. The van der Waals surface area contributed by atoms with Crippen molar-refractivity contribution < 1.29 is 13.9 Å². The molecule has 0 aliphatic carbocycles. The second-order valence-corrected chi connectivity index (χ2v) is 9.79. The van der Waals surface area contributed by atoms with Gasteiger partial charge in [-0.25, -0.2) is 0 Å². The minimum absolute atomic E-state index is 0.0893. The van der Waals surface area contributed by atoms with Crippen LogP contribution in [0.4, 0.5) is 11.4 Å². The first-order valence-corrected chi connectivity index (χ1v) is 13.0. The number of nitrogens with zero attached hydrogens (tertiary/aromatic N) is 2. The SMILES string of the molecule is CCC(=O)Nc1ccc(N2C(=S)N[C@H](c3ccccn3)[C@@H]2c2ccc(-c3ccc(Br)cc3)o2)cc1OC. The van der Waals surface area contributed by atoms with Crippen LogP contribution in [0.5, 0.6) is 5.75 Å². The number of benzene rings is 2. The van der Waals surface area contributed by atoms with Gasteiger partial charge in [-0.3, -0.25) is 9.78 Å². The molecule has 0 bridgehead atoms. The highest BCUT2D eigenvalue weighted by Gasteiger charge is 2.42. The summed E-state index contributed by atoms with van der Waals surface area (Å²) in [5.74, 6) is 1.95. The Morgan fingerprint density at radius 3 is 2.68 bits per heavy atom. The summed E-state index contributed by atoms with van der Waals surface area (Å²) < 4.78 is 13.0. The Labute approximate surface area is 229 Å². The van der Waals surface area contributed by atoms with Crippen LogP contribution >= 0.6 is 28.1 Å². The number of hydrogen-bond donors (Lipinski definition) is 2. The summed E-state index contributed by atoms with van der Waals surface area (Å²) >= 11 is 9.31. The number of carbonyl (C=O) groups is 1. The Kier molecular flexibility index (Phi) is 7.25. The molecule has 0 spiro atoms. The van der Waals surface area contributed by atoms with Crippen LogP contribution in [0.1, 0.15) is 36.9 Å². The van der Waals surface area contributed by atoms with Crippen molar-refractivity contribution >= 4 is 50.5 Å². The maximum Gasteiger partial charge on any atom is 0.224 e. The van der Waals surface area contributed by atoms with Crippen molar-refractivity contribution in [2.45, 2.75) is 25.4 Å². The minimum atomic E-state index is -0.313. The fourth-order valence-electron chi connectivity index (χ4n) is 4.37. The Morgan fingerprint density at radius 1 is 1.16 bits per heavy atom. The molecule has 2 atom stereocenters. The molecule has 1 fully saturated rings. The van der Waals surface area contributed by atoms with Gasteiger partial charge >= 0.3 is 0 Å². The second-order valence-electron chi connectivity index (χ2n) is 8.49. The number of ether oxygens (including phenoxy) is 1. The van der Waals surface area contributed by atoms with E-state index < -0.39 is 0 Å². The number of methoxy groups -OCH3 is 1. The number of aromatic nitrogens is 1. The van der Waals surface area contributed by atoms with E-state index in [1.165, 1.54) is 0 Å². The van der Waals surface area contributed by atoms with E-state index in [-0.39, 0.29) is 18.0 Å². The summed E-state index contributed by atoms with van der Waals surface area (Å²) in [5.41, 5.74) is 3.22. The predicted octanol–water partition coefficient (Wildman–Crippen LogP) is 6.64. The summed E-state index contributed by atoms with van der Waals surface area (Å²) in [7, 11) is 1.58. The zero-order chi connectivity index (χ0) is 25.9. The fourth-order valence-corrected chi connectivity index (χ4v) is 4.98. The van der Waals surface area contributed by atoms with Crippen molar-refractivity contribution in [3.8, 4) is 17.1 Å². The minimum Gasteiger partial charge on any atom is -0.494 e. The lowest BCUT2D eigenvalue weighted by molar-refractivity contribution is -0.115. The van der Waals surface area contributed by atoms with Gasteiger partial charge in [0.2, 0.25) is 5.91 Å². The molecule has 1 saturated heterocycles. The van der Waals surface area contributed by atoms with Crippen molar-refractivity contribution in [2.24, 2.45) is 0 Å². The molecule has 37 heavy (non-hydrogen) atoms. The first-order valence-electron chi connectivity index (χ1n) is 11.8. The normalized spacial score (nSPS) is 16.9. The highest BCUT2D eigenvalue weighted by atomic mass is 79.9. The van der Waals surface area contributed by atoms with Gasteiger partial charge in [-0.1, -0.05) is 41.1 Å². The summed E-state index contributed by atoms with van der Waals surface area (Å²) in [6, 6.07) is 22.8. The Morgan fingerprint density at radius 2 is 1.97 bits per heavy atom. The van der Waals surface area contributed by atoms with Gasteiger partial charge in [-0.05, 0) is 60.7 Å². The highest BCUT2D eigenvalue weighted by Crippen LogP contribution is 2.44. The third-order valence-corrected chi connectivity index (χ3v) is 7.05. The first-order chi connectivity index (χ1) is 18.0. The van der Waals surface area contributed by atoms with E-state index >= 15 is 0 Å². The summed E-state index contributed by atoms with van der Waals surface area (Å²) in [4.78, 5) is 18.6. The predicted molar refractivity (Wildman–Crippen MR) is 152 cm³/mol. The lowest BCUT2D eigenvalue weighted by Gasteiger charge is -2.27. The molecule has 9 heteroatoms. The monoisotopic (exact) mass is 576 g/mol. The van der Waals surface area contributed by atoms with E-state index in [1.54, 1.807) is 20.2 Å². The topological polar surface area (TPSA) is 79.6 Å². The number of nitrogens with one attached hydrogen (secondary N) is 2. The summed E-state index contributed by atoms with van der Waals surface area (Å²) in [6.07, 6.45) is 2.14. The van der Waals surface area contributed by atoms with Crippen molar-refractivity contribution in [1.82, 2.24) is 10.3 Å². The Balaban J connectivity index is 1.57. The van der Waals surface area contributed by atoms with Crippen molar-refractivity contribution in [3.05, 3.63) is 94.9 Å². The number of hydrogen-bond acceptors (Lipinski definition) is 5. The average Bonchev–Trinajstić information content (AvgIpc) is 3.54. The lowest BCUT2D eigenvalue weighted by atomic mass is 10.0. The molecule has 3 heterocycles. The lowest BCUT2D eigenvalue weighted by Crippen LogP contribution is -2.29. The average molecular weight is 578 g/mol. The van der Waals surface area contributed by atoms with Crippen molar-refractivity contribution in [3.63, 3.8) is 0 Å². The number of furan rings is 1. The van der Waals surface area contributed by atoms with Crippen molar-refractivity contribution in [2.75, 3.05) is 17.3 Å². The number of rotatable bonds is 7. The molecule has 0 unspecified atom stereocenters. The van der Waals surface area contributed by atoms with E-state index in [4.69, 9.17) is 21.4 Å². The maximum atomic E-state index is 12.0. The molecule has 2 N–H and O–H groups in total. The molecule has 0 radical (unpaired) electrons. The van der Waals surface area contributed by atoms with Gasteiger partial charge in [0.15, 0.2) is 5.11 Å². The smallest absolute Gasteiger partial charge is 0.224 e. The molecule has 1 aliphatic heterocycles. The van der Waals surface area contributed by atoms with Gasteiger partial charge in [-0.15, -0.1) is 0 Å². The Hall–Kier alpha value is -3.69. The molecule has 0 saturated carbocycles. The quantitative estimate of drug-likeness (QED) is 0.239. The first kappa shape index (κ1) is 25.0. The number of anilines is 2. The number of carbonyl (C=O) groups excluding carboxylic acids is 1. The van der Waals surface area contributed by atoms with Crippen LogP contribution in [0.25, 0.3) is 11.3 Å². The Bertz CT molecular complexity index is 1430. The number of halogens is 1. The zero-order valence-electron chi connectivity index (χ0n) is 20.3. The third-order valence-electron chi connectivity index (χ3n) is 6.20. The molecule has 5 rings (SSSR count). The van der Waals surface area contributed by atoms with Gasteiger partial charge in [0.25, 0.3) is 0 Å². The van der Waals surface area contributed by atoms with Crippen LogP contribution in [0.2, 0.25) is 0 Å². The van der Waals surface area contributed by atoms with E-state index in [1.807, 2.05) is 77.7 Å². The zero-order valence-corrected chi connectivity index (χ0v) is 22.7. The second kappa shape index (κ2) is 10.7. The van der Waals surface area contributed by atoms with Crippen molar-refractivity contribution in [1.29, 1.82) is 0 Å². The van der Waals surface area contributed by atoms with Gasteiger partial charge in [0.1, 0.15) is 23.3 Å². The van der Waals surface area contributed by atoms with Crippen LogP contribution in [0.15, 0.2) is 87.9 Å². The molecule has 1 amide bonds. The van der Waals surface area contributed by atoms with Crippen LogP contribution in [0.3, 0.4) is 0 Å². The molecular weight excluding hydrogens is 552 g/mol. The van der Waals surface area contributed by atoms with Gasteiger partial charge < -0.3 is 24.7 Å². The van der Waals surface area contributed by atoms with Gasteiger partial charge in [0, 0.05) is 34.4 Å². The third kappa shape index (κ3) is 5.10. The van der Waals surface area contributed by atoms with Crippen LogP contribution in [-0.2, 0) is 4.79 Å². The number of thiocarbonyl (C=S) groups is 1. The fraction of sp³-hybridized carbons (Fsp3) is 0.179. The molecule has 4 aromatic rings. The molecule has 7 nitrogen and oxygen atoms in total. The molecule has 2 aromatic carbocycles. The van der Waals surface area contributed by atoms with E-state index in [0.29, 0.717) is 23.0 Å². The largest absolute Gasteiger partial charge is 0.494 e. The molecule has 188 valence electrons. The van der Waals surface area contributed by atoms with E-state index in [2.05, 4.69) is 31.5 Å². The summed E-state index contributed by atoms with van der Waals surface area (Å²) in [5, 5.41) is 6.85. The number of amides is 1. The van der Waals surface area contributed by atoms with Crippen LogP contribution < -0.4 is 20.3 Å². The highest BCUT2D eigenvalue weighted by molar-refractivity contribution is 9.10. The summed E-state index contributed by atoms with van der Waals surface area (Å²) in [6.45, 7) is 1.80. The molecule has 2 aromatic heterocycles. The van der Waals surface area contributed by atoms with Crippen LogP contribution in [0, 0.1) is 0 Å². The standard InChI is InChI=1S/C28H25BrN4O3S/c1-3-25(34)31-20-12-11-19(16-24(20)35-2)33-27(26(32-28(33)37)21-6-4-5-15-30-21)23-14-13-22(36-23)17-7-9-18(29)10-8-17/h4-16,26-27H,3H2,1-2H3,(H,31,34)(H,32,37)/t26-,27+/m1/s1. The van der Waals surface area contributed by atoms with E-state index in [0.717, 1.165) is 32.9 Å². The van der Waals surface area contributed by atoms with E-state index in [9.17, 15) is 4.79 Å². The van der Waals surface area contributed by atoms with Crippen LogP contribution in [-0.4, -0.2) is 23.1 Å². The van der Waals surface area contributed by atoms with Gasteiger partial charge in [0.05, 0.1) is 24.5 Å². The number of pyridine rings is 1. The molecule has 1 aliphatic rings. The maximum absolute atomic E-state index is 12.0.